The number of hydrogen-bond acceptors (Lipinski definition) is 4. The summed E-state index contributed by atoms with van der Waals surface area (Å²) in [5.74, 6) is 1.17. The maximum atomic E-state index is 11.8. The van der Waals surface area contributed by atoms with Gasteiger partial charge in [0.1, 0.15) is 12.1 Å². The standard InChI is InChI=1S/C14H22N4O.C3H8/c1-3-4-14(19)18-7-5-12(6-8-18)17-13-9-11(2)15-10-16-13;1-3-2/h9-10,12H,3-8H2,1-2H3,(H,15,16,17);3H2,1-2H3. The molecular formula is C17H30N4O. The lowest BCUT2D eigenvalue weighted by Crippen LogP contribution is -2.42. The molecule has 0 atom stereocenters. The molecule has 0 aliphatic carbocycles. The second-order valence-electron chi connectivity index (χ2n) is 5.80. The van der Waals surface area contributed by atoms with Crippen LogP contribution in [0.3, 0.4) is 0 Å². The third kappa shape index (κ3) is 6.41. The molecule has 0 spiro atoms. The molecular weight excluding hydrogens is 276 g/mol. The summed E-state index contributed by atoms with van der Waals surface area (Å²) in [6, 6.07) is 2.36. The highest BCUT2D eigenvalue weighted by Gasteiger charge is 2.22. The lowest BCUT2D eigenvalue weighted by Gasteiger charge is -2.32. The smallest absolute Gasteiger partial charge is 0.222 e. The predicted molar refractivity (Wildman–Crippen MR) is 90.9 cm³/mol. The van der Waals surface area contributed by atoms with Gasteiger partial charge in [-0.15, -0.1) is 0 Å². The van der Waals surface area contributed by atoms with E-state index in [1.54, 1.807) is 6.33 Å². The highest BCUT2D eigenvalue weighted by Crippen LogP contribution is 2.16. The fraction of sp³-hybridized carbons (Fsp3) is 0.706. The van der Waals surface area contributed by atoms with E-state index in [1.165, 1.54) is 6.42 Å². The number of amides is 1. The SMILES string of the molecule is CCC.CCCC(=O)N1CCC(Nc2cc(C)ncn2)CC1. The maximum absolute atomic E-state index is 11.8. The number of aromatic nitrogens is 2. The Morgan fingerprint density at radius 3 is 2.45 bits per heavy atom. The normalized spacial score (nSPS) is 15.0. The van der Waals surface area contributed by atoms with E-state index in [-0.39, 0.29) is 0 Å². The van der Waals surface area contributed by atoms with Crippen molar-refractivity contribution in [2.75, 3.05) is 18.4 Å². The molecule has 1 aliphatic rings. The molecule has 2 rings (SSSR count). The molecule has 1 fully saturated rings. The van der Waals surface area contributed by atoms with E-state index < -0.39 is 0 Å². The molecule has 1 amide bonds. The minimum atomic E-state index is 0.291. The fourth-order valence-corrected chi connectivity index (χ4v) is 2.39. The summed E-state index contributed by atoms with van der Waals surface area (Å²) in [5, 5.41) is 3.42. The maximum Gasteiger partial charge on any atom is 0.222 e. The Hall–Kier alpha value is -1.65. The molecule has 0 radical (unpaired) electrons. The predicted octanol–water partition coefficient (Wildman–Crippen LogP) is 3.40. The van der Waals surface area contributed by atoms with Crippen molar-refractivity contribution in [1.29, 1.82) is 0 Å². The van der Waals surface area contributed by atoms with Crippen LogP contribution < -0.4 is 5.32 Å². The van der Waals surface area contributed by atoms with Crippen molar-refractivity contribution in [3.63, 3.8) is 0 Å². The number of aryl methyl sites for hydroxylation is 1. The summed E-state index contributed by atoms with van der Waals surface area (Å²) in [7, 11) is 0. The summed E-state index contributed by atoms with van der Waals surface area (Å²) in [4.78, 5) is 22.1. The van der Waals surface area contributed by atoms with Crippen LogP contribution in [0.5, 0.6) is 0 Å². The molecule has 5 nitrogen and oxygen atoms in total. The zero-order valence-electron chi connectivity index (χ0n) is 14.4. The Labute approximate surface area is 134 Å². The minimum absolute atomic E-state index is 0.291. The Bertz CT molecular complexity index is 442. The molecule has 5 heteroatoms. The molecule has 1 aromatic heterocycles. The largest absolute Gasteiger partial charge is 0.367 e. The van der Waals surface area contributed by atoms with Gasteiger partial charge in [-0.3, -0.25) is 4.79 Å². The van der Waals surface area contributed by atoms with E-state index in [0.717, 1.165) is 43.9 Å². The van der Waals surface area contributed by atoms with Crippen LogP contribution in [0.4, 0.5) is 5.82 Å². The van der Waals surface area contributed by atoms with Crippen LogP contribution in [-0.4, -0.2) is 39.9 Å². The van der Waals surface area contributed by atoms with Crippen molar-refractivity contribution in [1.82, 2.24) is 14.9 Å². The lowest BCUT2D eigenvalue weighted by atomic mass is 10.0. The Kier molecular flexibility index (Phi) is 8.48. The van der Waals surface area contributed by atoms with Gasteiger partial charge in [-0.2, -0.15) is 0 Å². The number of rotatable bonds is 4. The van der Waals surface area contributed by atoms with E-state index >= 15 is 0 Å². The van der Waals surface area contributed by atoms with Gasteiger partial charge in [-0.05, 0) is 26.2 Å². The van der Waals surface area contributed by atoms with Crippen LogP contribution >= 0.6 is 0 Å². The molecule has 0 unspecified atom stereocenters. The first-order valence-electron chi connectivity index (χ1n) is 8.43. The van der Waals surface area contributed by atoms with Crippen LogP contribution in [-0.2, 0) is 4.79 Å². The van der Waals surface area contributed by atoms with E-state index in [1.807, 2.05) is 24.8 Å². The zero-order chi connectivity index (χ0) is 16.4. The second-order valence-corrected chi connectivity index (χ2v) is 5.80. The van der Waals surface area contributed by atoms with Crippen molar-refractivity contribution in [2.24, 2.45) is 0 Å². The summed E-state index contributed by atoms with van der Waals surface area (Å²) in [6.07, 6.45) is 6.40. The number of anilines is 1. The number of carbonyl (C=O) groups is 1. The molecule has 1 aliphatic heterocycles. The third-order valence-electron chi connectivity index (χ3n) is 3.47. The highest BCUT2D eigenvalue weighted by atomic mass is 16.2. The van der Waals surface area contributed by atoms with E-state index in [2.05, 4.69) is 29.1 Å². The summed E-state index contributed by atoms with van der Waals surface area (Å²) in [6.45, 7) is 9.95. The van der Waals surface area contributed by atoms with Gasteiger partial charge in [-0.25, -0.2) is 9.97 Å². The number of hydrogen-bond donors (Lipinski definition) is 1. The fourth-order valence-electron chi connectivity index (χ4n) is 2.39. The lowest BCUT2D eigenvalue weighted by molar-refractivity contribution is -0.132. The van der Waals surface area contributed by atoms with Gasteiger partial charge < -0.3 is 10.2 Å². The van der Waals surface area contributed by atoms with Crippen LogP contribution in [0.25, 0.3) is 0 Å². The monoisotopic (exact) mass is 306 g/mol. The zero-order valence-corrected chi connectivity index (χ0v) is 14.4. The molecule has 22 heavy (non-hydrogen) atoms. The van der Waals surface area contributed by atoms with Gasteiger partial charge >= 0.3 is 0 Å². The van der Waals surface area contributed by atoms with Crippen LogP contribution in [0, 0.1) is 6.92 Å². The van der Waals surface area contributed by atoms with E-state index in [4.69, 9.17) is 0 Å². The van der Waals surface area contributed by atoms with Crippen LogP contribution in [0.1, 0.15) is 58.6 Å². The van der Waals surface area contributed by atoms with Gasteiger partial charge in [0.2, 0.25) is 5.91 Å². The van der Waals surface area contributed by atoms with Gasteiger partial charge in [0.25, 0.3) is 0 Å². The molecule has 1 saturated heterocycles. The van der Waals surface area contributed by atoms with Gasteiger partial charge in [-0.1, -0.05) is 27.2 Å². The minimum Gasteiger partial charge on any atom is -0.367 e. The average Bonchev–Trinajstić information content (AvgIpc) is 2.49. The van der Waals surface area contributed by atoms with Crippen LogP contribution in [0.2, 0.25) is 0 Å². The van der Waals surface area contributed by atoms with Crippen LogP contribution in [0.15, 0.2) is 12.4 Å². The van der Waals surface area contributed by atoms with Crippen molar-refractivity contribution in [3.05, 3.63) is 18.1 Å². The summed E-state index contributed by atoms with van der Waals surface area (Å²) in [5.41, 5.74) is 0.966. The molecule has 1 N–H and O–H groups in total. The Morgan fingerprint density at radius 1 is 1.27 bits per heavy atom. The Morgan fingerprint density at radius 2 is 1.91 bits per heavy atom. The summed E-state index contributed by atoms with van der Waals surface area (Å²) >= 11 is 0. The highest BCUT2D eigenvalue weighted by molar-refractivity contribution is 5.76. The van der Waals surface area contributed by atoms with Gasteiger partial charge in [0.15, 0.2) is 0 Å². The molecule has 0 saturated carbocycles. The van der Waals surface area contributed by atoms with E-state index in [0.29, 0.717) is 18.4 Å². The van der Waals surface area contributed by atoms with Crippen molar-refractivity contribution >= 4 is 11.7 Å². The number of likely N-dealkylation sites (tertiary alicyclic amines) is 1. The van der Waals surface area contributed by atoms with E-state index in [9.17, 15) is 4.79 Å². The first kappa shape index (κ1) is 18.4. The van der Waals surface area contributed by atoms with Crippen molar-refractivity contribution < 1.29 is 4.79 Å². The number of nitrogens with one attached hydrogen (secondary N) is 1. The number of carbonyl (C=O) groups excluding carboxylic acids is 1. The molecule has 0 bridgehead atoms. The second kappa shape index (κ2) is 10.1. The first-order chi connectivity index (χ1) is 10.6. The molecule has 1 aromatic rings. The topological polar surface area (TPSA) is 58.1 Å². The van der Waals surface area contributed by atoms with Gasteiger partial charge in [0, 0.05) is 37.3 Å². The quantitative estimate of drug-likeness (QED) is 0.926. The van der Waals surface area contributed by atoms with Gasteiger partial charge in [0.05, 0.1) is 0 Å². The first-order valence-corrected chi connectivity index (χ1v) is 8.43. The number of piperidine rings is 1. The van der Waals surface area contributed by atoms with Crippen molar-refractivity contribution in [3.8, 4) is 0 Å². The van der Waals surface area contributed by atoms with Crippen molar-refractivity contribution in [2.45, 2.75) is 65.8 Å². The molecule has 0 aromatic carbocycles. The summed E-state index contributed by atoms with van der Waals surface area (Å²) < 4.78 is 0. The third-order valence-corrected chi connectivity index (χ3v) is 3.47. The molecule has 2 heterocycles. The number of nitrogens with zero attached hydrogens (tertiary/aromatic N) is 3. The average molecular weight is 306 g/mol. The molecule has 124 valence electrons. The Balaban J connectivity index is 0.000000745.